The number of aromatic amines is 1. The van der Waals surface area contributed by atoms with Gasteiger partial charge in [-0.3, -0.25) is 4.79 Å². The number of amides is 1. The van der Waals surface area contributed by atoms with Crippen LogP contribution in [-0.4, -0.2) is 28.6 Å². The molecule has 1 amide bonds. The van der Waals surface area contributed by atoms with Crippen LogP contribution in [0.3, 0.4) is 0 Å². The van der Waals surface area contributed by atoms with Gasteiger partial charge in [0.05, 0.1) is 6.10 Å². The van der Waals surface area contributed by atoms with Gasteiger partial charge in [0.15, 0.2) is 6.61 Å². The number of hydrogen-bond donors (Lipinski definition) is 3. The highest BCUT2D eigenvalue weighted by Gasteiger charge is 2.21. The van der Waals surface area contributed by atoms with Crippen molar-refractivity contribution < 1.29 is 19.4 Å². The molecule has 0 spiro atoms. The average Bonchev–Trinajstić information content (AvgIpc) is 2.86. The van der Waals surface area contributed by atoms with Crippen LogP contribution in [0.1, 0.15) is 51.5 Å². The number of aryl methyl sites for hydroxylation is 2. The van der Waals surface area contributed by atoms with Crippen LogP contribution in [0.2, 0.25) is 0 Å². The molecule has 3 N–H and O–H groups in total. The quantitative estimate of drug-likeness (QED) is 0.702. The molecule has 2 rings (SSSR count). The second-order valence-corrected chi connectivity index (χ2v) is 6.18. The van der Waals surface area contributed by atoms with Crippen LogP contribution < -0.4 is 5.32 Å². The van der Waals surface area contributed by atoms with E-state index in [-0.39, 0.29) is 18.2 Å². The summed E-state index contributed by atoms with van der Waals surface area (Å²) in [5.41, 5.74) is 4.41. The summed E-state index contributed by atoms with van der Waals surface area (Å²) < 4.78 is 5.06. The lowest BCUT2D eigenvalue weighted by Gasteiger charge is -2.07. The highest BCUT2D eigenvalue weighted by atomic mass is 16.5. The van der Waals surface area contributed by atoms with Gasteiger partial charge in [-0.25, -0.2) is 4.79 Å². The molecule has 6 heteroatoms. The van der Waals surface area contributed by atoms with Crippen molar-refractivity contribution in [2.75, 3.05) is 6.61 Å². The Balaban J connectivity index is 1.88. The lowest BCUT2D eigenvalue weighted by Crippen LogP contribution is -2.28. The number of aliphatic hydroxyl groups is 1. The van der Waals surface area contributed by atoms with Crippen molar-refractivity contribution in [3.63, 3.8) is 0 Å². The lowest BCUT2D eigenvalue weighted by molar-refractivity contribution is -0.124. The Morgan fingerprint density at radius 2 is 1.84 bits per heavy atom. The van der Waals surface area contributed by atoms with Crippen LogP contribution >= 0.6 is 0 Å². The fourth-order valence-corrected chi connectivity index (χ4v) is 2.76. The molecule has 0 aliphatic carbocycles. The summed E-state index contributed by atoms with van der Waals surface area (Å²) in [6, 6.07) is 7.81. The Morgan fingerprint density at radius 1 is 1.20 bits per heavy atom. The smallest absolute Gasteiger partial charge is 0.355 e. The Hall–Kier alpha value is -2.60. The predicted molar refractivity (Wildman–Crippen MR) is 94.2 cm³/mol. The number of carbonyl (C=O) groups is 2. The molecule has 0 bridgehead atoms. The van der Waals surface area contributed by atoms with E-state index in [2.05, 4.69) is 10.3 Å². The van der Waals surface area contributed by atoms with Gasteiger partial charge in [-0.15, -0.1) is 0 Å². The number of ether oxygens (including phenoxy) is 1. The Bertz CT molecular complexity index is 760. The number of carbonyl (C=O) groups excluding carboxylic acids is 2. The minimum Gasteiger partial charge on any atom is -0.451 e. The summed E-state index contributed by atoms with van der Waals surface area (Å²) in [6.07, 6.45) is -0.685. The standard InChI is InChI=1S/C19H24N2O4/c1-11-5-7-15(8-6-11)9-20-16(23)10-25-19(24)18-12(2)17(14(4)22)13(3)21-18/h5-8,14,21-22H,9-10H2,1-4H3,(H,20,23)/t14-/m0/s1. The summed E-state index contributed by atoms with van der Waals surface area (Å²) in [4.78, 5) is 26.9. The molecule has 1 heterocycles. The van der Waals surface area contributed by atoms with Crippen LogP contribution in [0.25, 0.3) is 0 Å². The second-order valence-electron chi connectivity index (χ2n) is 6.18. The van der Waals surface area contributed by atoms with Crippen molar-refractivity contribution in [1.82, 2.24) is 10.3 Å². The average molecular weight is 344 g/mol. The van der Waals surface area contributed by atoms with Crippen molar-refractivity contribution in [2.24, 2.45) is 0 Å². The third-order valence-electron chi connectivity index (χ3n) is 4.06. The zero-order valence-corrected chi connectivity index (χ0v) is 15.0. The molecular formula is C19H24N2O4. The van der Waals surface area contributed by atoms with Gasteiger partial charge in [0, 0.05) is 17.8 Å². The van der Waals surface area contributed by atoms with Crippen molar-refractivity contribution in [2.45, 2.75) is 40.3 Å². The number of hydrogen-bond acceptors (Lipinski definition) is 4. The van der Waals surface area contributed by atoms with Gasteiger partial charge >= 0.3 is 5.97 Å². The number of esters is 1. The number of H-pyrrole nitrogens is 1. The van der Waals surface area contributed by atoms with E-state index in [1.807, 2.05) is 31.2 Å². The summed E-state index contributed by atoms with van der Waals surface area (Å²) in [5.74, 6) is -0.983. The molecule has 0 unspecified atom stereocenters. The van der Waals surface area contributed by atoms with E-state index in [0.29, 0.717) is 23.4 Å². The van der Waals surface area contributed by atoms with Crippen LogP contribution in [-0.2, 0) is 16.1 Å². The molecule has 0 aliphatic rings. The molecule has 25 heavy (non-hydrogen) atoms. The van der Waals surface area contributed by atoms with Gasteiger partial charge in [-0.05, 0) is 38.8 Å². The number of nitrogens with one attached hydrogen (secondary N) is 2. The topological polar surface area (TPSA) is 91.4 Å². The maximum absolute atomic E-state index is 12.2. The molecule has 0 radical (unpaired) electrons. The van der Waals surface area contributed by atoms with Crippen LogP contribution in [0, 0.1) is 20.8 Å². The first-order valence-corrected chi connectivity index (χ1v) is 8.16. The highest BCUT2D eigenvalue weighted by molar-refractivity contribution is 5.91. The molecule has 0 fully saturated rings. The van der Waals surface area contributed by atoms with Crippen LogP contribution in [0.15, 0.2) is 24.3 Å². The molecule has 134 valence electrons. The highest BCUT2D eigenvalue weighted by Crippen LogP contribution is 2.24. The van der Waals surface area contributed by atoms with E-state index in [1.165, 1.54) is 0 Å². The fraction of sp³-hybridized carbons (Fsp3) is 0.368. The van der Waals surface area contributed by atoms with Gasteiger partial charge in [-0.1, -0.05) is 29.8 Å². The van der Waals surface area contributed by atoms with Crippen LogP contribution in [0.5, 0.6) is 0 Å². The molecule has 0 saturated heterocycles. The largest absolute Gasteiger partial charge is 0.451 e. The predicted octanol–water partition coefficient (Wildman–Crippen LogP) is 2.47. The number of aromatic nitrogens is 1. The molecule has 6 nitrogen and oxygen atoms in total. The van der Waals surface area contributed by atoms with Crippen molar-refractivity contribution >= 4 is 11.9 Å². The van der Waals surface area contributed by atoms with Gasteiger partial charge in [-0.2, -0.15) is 0 Å². The maximum Gasteiger partial charge on any atom is 0.355 e. The summed E-state index contributed by atoms with van der Waals surface area (Å²) >= 11 is 0. The summed E-state index contributed by atoms with van der Waals surface area (Å²) in [5, 5.41) is 12.5. The fourth-order valence-electron chi connectivity index (χ4n) is 2.76. The first kappa shape index (κ1) is 18.7. The monoisotopic (exact) mass is 344 g/mol. The Labute approximate surface area is 147 Å². The molecule has 0 aliphatic heterocycles. The SMILES string of the molecule is Cc1ccc(CNC(=O)COC(=O)c2[nH]c(C)c([C@H](C)O)c2C)cc1. The van der Waals surface area contributed by atoms with E-state index in [9.17, 15) is 14.7 Å². The van der Waals surface area contributed by atoms with Gasteiger partial charge in [0.2, 0.25) is 0 Å². The first-order chi connectivity index (χ1) is 11.8. The first-order valence-electron chi connectivity index (χ1n) is 8.16. The van der Waals surface area contributed by atoms with E-state index in [4.69, 9.17) is 4.74 Å². The number of rotatable bonds is 6. The molecule has 1 aromatic carbocycles. The Kier molecular flexibility index (Phi) is 5.98. The van der Waals surface area contributed by atoms with E-state index in [0.717, 1.165) is 11.1 Å². The third kappa shape index (κ3) is 4.70. The molecular weight excluding hydrogens is 320 g/mol. The summed E-state index contributed by atoms with van der Waals surface area (Å²) in [7, 11) is 0. The van der Waals surface area contributed by atoms with Gasteiger partial charge in [0.25, 0.3) is 5.91 Å². The van der Waals surface area contributed by atoms with E-state index in [1.54, 1.807) is 20.8 Å². The second kappa shape index (κ2) is 7.98. The minimum absolute atomic E-state index is 0.264. The van der Waals surface area contributed by atoms with Crippen molar-refractivity contribution in [3.8, 4) is 0 Å². The molecule has 2 aromatic rings. The van der Waals surface area contributed by atoms with Crippen LogP contribution in [0.4, 0.5) is 0 Å². The number of benzene rings is 1. The zero-order valence-electron chi connectivity index (χ0n) is 15.0. The van der Waals surface area contributed by atoms with E-state index < -0.39 is 12.1 Å². The lowest BCUT2D eigenvalue weighted by atomic mass is 10.1. The van der Waals surface area contributed by atoms with Crippen molar-refractivity contribution in [1.29, 1.82) is 0 Å². The number of aliphatic hydroxyl groups excluding tert-OH is 1. The summed E-state index contributed by atoms with van der Waals surface area (Å²) in [6.45, 7) is 7.17. The maximum atomic E-state index is 12.2. The third-order valence-corrected chi connectivity index (χ3v) is 4.06. The molecule has 0 saturated carbocycles. The zero-order chi connectivity index (χ0) is 18.6. The minimum atomic E-state index is -0.685. The van der Waals surface area contributed by atoms with Gasteiger partial charge in [0.1, 0.15) is 5.69 Å². The molecule has 1 aromatic heterocycles. The van der Waals surface area contributed by atoms with Gasteiger partial charge < -0.3 is 20.1 Å². The normalized spacial score (nSPS) is 11.9. The van der Waals surface area contributed by atoms with E-state index >= 15 is 0 Å². The van der Waals surface area contributed by atoms with Crippen molar-refractivity contribution in [3.05, 3.63) is 57.9 Å². The Morgan fingerprint density at radius 3 is 2.40 bits per heavy atom. The molecule has 1 atom stereocenters.